The largest absolute Gasteiger partial charge is 0.356 e. The lowest BCUT2D eigenvalue weighted by atomic mass is 10.1. The van der Waals surface area contributed by atoms with Gasteiger partial charge in [-0.2, -0.15) is 0 Å². The molecule has 17 heavy (non-hydrogen) atoms. The number of carbonyl (C=O) groups is 1. The fraction of sp³-hybridized carbons (Fsp3) is 0.500. The standard InChI is InChI=1S/C14H23NOSi/c1-5-15-14(16)11-13(17(2,3)4)12-9-7-6-8-10-12/h6-10,13H,5,11H2,1-4H3,(H,15,16). The highest BCUT2D eigenvalue weighted by Gasteiger charge is 2.29. The molecule has 1 unspecified atom stereocenters. The van der Waals surface area contributed by atoms with Gasteiger partial charge < -0.3 is 5.32 Å². The van der Waals surface area contributed by atoms with Crippen molar-refractivity contribution in [3.63, 3.8) is 0 Å². The molecule has 1 aromatic rings. The second-order valence-corrected chi connectivity index (χ2v) is 10.9. The third-order valence-electron chi connectivity index (χ3n) is 3.01. The van der Waals surface area contributed by atoms with E-state index in [9.17, 15) is 4.79 Å². The van der Waals surface area contributed by atoms with Crippen LogP contribution in [0.5, 0.6) is 0 Å². The van der Waals surface area contributed by atoms with Crippen LogP contribution in [0.3, 0.4) is 0 Å². The fourth-order valence-electron chi connectivity index (χ4n) is 2.06. The summed E-state index contributed by atoms with van der Waals surface area (Å²) in [5.41, 5.74) is 1.70. The molecule has 0 heterocycles. The topological polar surface area (TPSA) is 29.1 Å². The maximum absolute atomic E-state index is 11.8. The van der Waals surface area contributed by atoms with Gasteiger partial charge >= 0.3 is 0 Å². The molecule has 0 aliphatic rings. The molecule has 1 atom stereocenters. The quantitative estimate of drug-likeness (QED) is 0.798. The second kappa shape index (κ2) is 6.01. The first kappa shape index (κ1) is 14.0. The Labute approximate surface area is 105 Å². The van der Waals surface area contributed by atoms with Crippen LogP contribution in [0, 0.1) is 0 Å². The predicted octanol–water partition coefficient (Wildman–Crippen LogP) is 3.17. The summed E-state index contributed by atoms with van der Waals surface area (Å²) in [5.74, 6) is 0.170. The molecule has 3 heteroatoms. The van der Waals surface area contributed by atoms with E-state index in [2.05, 4.69) is 49.2 Å². The van der Waals surface area contributed by atoms with E-state index in [0.29, 0.717) is 18.5 Å². The Balaban J connectivity index is 2.87. The first-order valence-electron chi connectivity index (χ1n) is 6.26. The molecule has 1 N–H and O–H groups in total. The van der Waals surface area contributed by atoms with Crippen LogP contribution in [0.15, 0.2) is 30.3 Å². The molecule has 0 radical (unpaired) electrons. The molecule has 0 aliphatic carbocycles. The second-order valence-electron chi connectivity index (χ2n) is 5.49. The highest BCUT2D eigenvalue weighted by Crippen LogP contribution is 2.29. The fourth-order valence-corrected chi connectivity index (χ4v) is 4.05. The van der Waals surface area contributed by atoms with E-state index < -0.39 is 8.07 Å². The van der Waals surface area contributed by atoms with Crippen molar-refractivity contribution in [2.75, 3.05) is 6.54 Å². The van der Waals surface area contributed by atoms with E-state index in [1.54, 1.807) is 0 Å². The van der Waals surface area contributed by atoms with Crippen molar-refractivity contribution in [1.82, 2.24) is 5.32 Å². The van der Waals surface area contributed by atoms with Gasteiger partial charge in [0, 0.05) is 13.0 Å². The van der Waals surface area contributed by atoms with Gasteiger partial charge in [-0.1, -0.05) is 50.0 Å². The average Bonchev–Trinajstić information content (AvgIpc) is 2.26. The van der Waals surface area contributed by atoms with Crippen molar-refractivity contribution in [2.24, 2.45) is 0 Å². The monoisotopic (exact) mass is 249 g/mol. The number of carbonyl (C=O) groups excluding carboxylic acids is 1. The molecular formula is C14H23NOSi. The van der Waals surface area contributed by atoms with Gasteiger partial charge in [0.05, 0.1) is 8.07 Å². The molecule has 0 saturated heterocycles. The molecular weight excluding hydrogens is 226 g/mol. The highest BCUT2D eigenvalue weighted by molar-refractivity contribution is 6.77. The molecule has 1 amide bonds. The molecule has 1 aromatic carbocycles. The molecule has 1 rings (SSSR count). The number of amides is 1. The summed E-state index contributed by atoms with van der Waals surface area (Å²) in [7, 11) is -1.38. The van der Waals surface area contributed by atoms with Gasteiger partial charge in [0.25, 0.3) is 0 Å². The van der Waals surface area contributed by atoms with Crippen LogP contribution in [0.25, 0.3) is 0 Å². The molecule has 0 spiro atoms. The first-order valence-corrected chi connectivity index (χ1v) is 9.84. The van der Waals surface area contributed by atoms with Crippen molar-refractivity contribution >= 4 is 14.0 Å². The van der Waals surface area contributed by atoms with Gasteiger partial charge in [-0.05, 0) is 18.0 Å². The van der Waals surface area contributed by atoms with Gasteiger partial charge in [0.1, 0.15) is 0 Å². The van der Waals surface area contributed by atoms with Crippen LogP contribution >= 0.6 is 0 Å². The van der Waals surface area contributed by atoms with E-state index in [4.69, 9.17) is 0 Å². The van der Waals surface area contributed by atoms with Crippen LogP contribution in [-0.2, 0) is 4.79 Å². The Morgan fingerprint density at radius 3 is 2.29 bits per heavy atom. The summed E-state index contributed by atoms with van der Waals surface area (Å²) in [6, 6.07) is 10.4. The Morgan fingerprint density at radius 1 is 1.24 bits per heavy atom. The lowest BCUT2D eigenvalue weighted by molar-refractivity contribution is -0.121. The van der Waals surface area contributed by atoms with Crippen molar-refractivity contribution in [3.05, 3.63) is 35.9 Å². The summed E-state index contributed by atoms with van der Waals surface area (Å²) in [6.45, 7) is 9.65. The van der Waals surface area contributed by atoms with Crippen LogP contribution in [0.4, 0.5) is 0 Å². The minimum absolute atomic E-state index is 0.170. The maximum Gasteiger partial charge on any atom is 0.220 e. The minimum Gasteiger partial charge on any atom is -0.356 e. The molecule has 0 aliphatic heterocycles. The third-order valence-corrected chi connectivity index (χ3v) is 5.64. The number of rotatable bonds is 5. The van der Waals surface area contributed by atoms with Crippen molar-refractivity contribution in [1.29, 1.82) is 0 Å². The molecule has 2 nitrogen and oxygen atoms in total. The Kier molecular flexibility index (Phi) is 4.94. The number of nitrogens with one attached hydrogen (secondary N) is 1. The minimum atomic E-state index is -1.38. The Bertz CT molecular complexity index is 356. The summed E-state index contributed by atoms with van der Waals surface area (Å²) >= 11 is 0. The van der Waals surface area contributed by atoms with Crippen molar-refractivity contribution in [2.45, 2.75) is 38.5 Å². The SMILES string of the molecule is CCNC(=O)CC(c1ccccc1)[Si](C)(C)C. The molecule has 0 fully saturated rings. The van der Waals surface area contributed by atoms with Gasteiger partial charge in [-0.3, -0.25) is 4.79 Å². The average molecular weight is 249 g/mol. The molecule has 0 aromatic heterocycles. The first-order chi connectivity index (χ1) is 7.95. The zero-order chi connectivity index (χ0) is 12.9. The molecule has 94 valence electrons. The zero-order valence-corrected chi connectivity index (χ0v) is 12.3. The smallest absolute Gasteiger partial charge is 0.220 e. The van der Waals surface area contributed by atoms with Crippen LogP contribution < -0.4 is 5.32 Å². The van der Waals surface area contributed by atoms with E-state index in [-0.39, 0.29) is 5.91 Å². The van der Waals surface area contributed by atoms with Crippen molar-refractivity contribution < 1.29 is 4.79 Å². The normalized spacial score (nSPS) is 13.2. The van der Waals surface area contributed by atoms with Gasteiger partial charge in [-0.25, -0.2) is 0 Å². The number of hydrogen-bond acceptors (Lipinski definition) is 1. The predicted molar refractivity (Wildman–Crippen MR) is 75.8 cm³/mol. The van der Waals surface area contributed by atoms with E-state index in [1.165, 1.54) is 5.56 Å². The van der Waals surface area contributed by atoms with Gasteiger partial charge in [-0.15, -0.1) is 0 Å². The van der Waals surface area contributed by atoms with Gasteiger partial charge in [0.15, 0.2) is 0 Å². The summed E-state index contributed by atoms with van der Waals surface area (Å²) in [5, 5.41) is 2.90. The zero-order valence-electron chi connectivity index (χ0n) is 11.3. The van der Waals surface area contributed by atoms with Crippen LogP contribution in [0.2, 0.25) is 19.6 Å². The van der Waals surface area contributed by atoms with E-state index in [1.807, 2.05) is 13.0 Å². The number of hydrogen-bond donors (Lipinski definition) is 1. The summed E-state index contributed by atoms with van der Waals surface area (Å²) < 4.78 is 0. The Hall–Kier alpha value is -1.09. The maximum atomic E-state index is 11.8. The van der Waals surface area contributed by atoms with E-state index in [0.717, 1.165) is 0 Å². The van der Waals surface area contributed by atoms with Crippen LogP contribution in [-0.4, -0.2) is 20.5 Å². The third kappa shape index (κ3) is 4.34. The van der Waals surface area contributed by atoms with Gasteiger partial charge in [0.2, 0.25) is 5.91 Å². The highest BCUT2D eigenvalue weighted by atomic mass is 28.3. The number of benzene rings is 1. The van der Waals surface area contributed by atoms with Crippen molar-refractivity contribution in [3.8, 4) is 0 Å². The summed E-state index contributed by atoms with van der Waals surface area (Å²) in [4.78, 5) is 11.8. The lowest BCUT2D eigenvalue weighted by Crippen LogP contribution is -2.35. The lowest BCUT2D eigenvalue weighted by Gasteiger charge is -2.29. The van der Waals surface area contributed by atoms with Crippen LogP contribution in [0.1, 0.15) is 24.4 Å². The summed E-state index contributed by atoms with van der Waals surface area (Å²) in [6.07, 6.45) is 0.619. The van der Waals surface area contributed by atoms with E-state index >= 15 is 0 Å². The Morgan fingerprint density at radius 2 is 1.82 bits per heavy atom. The molecule has 0 bridgehead atoms. The molecule has 0 saturated carbocycles.